The minimum atomic E-state index is -0.0165. The predicted molar refractivity (Wildman–Crippen MR) is 114 cm³/mol. The van der Waals surface area contributed by atoms with Gasteiger partial charge >= 0.3 is 0 Å². The van der Waals surface area contributed by atoms with Gasteiger partial charge in [0.25, 0.3) is 5.56 Å². The molecule has 0 amide bonds. The van der Waals surface area contributed by atoms with Crippen LogP contribution in [0.25, 0.3) is 22.2 Å². The van der Waals surface area contributed by atoms with Gasteiger partial charge in [-0.15, -0.1) is 0 Å². The van der Waals surface area contributed by atoms with E-state index >= 15 is 0 Å². The Hall–Kier alpha value is -2.27. The zero-order valence-electron chi connectivity index (χ0n) is 16.7. The number of benzene rings is 1. The van der Waals surface area contributed by atoms with Crippen LogP contribution in [-0.4, -0.2) is 27.2 Å². The summed E-state index contributed by atoms with van der Waals surface area (Å²) in [5.41, 5.74) is 3.65. The lowest BCUT2D eigenvalue weighted by molar-refractivity contribution is 0.684. The van der Waals surface area contributed by atoms with Crippen molar-refractivity contribution in [2.24, 2.45) is 14.1 Å². The van der Waals surface area contributed by atoms with Crippen LogP contribution in [-0.2, 0) is 14.1 Å². The smallest absolute Gasteiger partial charge is 0.264 e. The van der Waals surface area contributed by atoms with Crippen molar-refractivity contribution < 1.29 is 0 Å². The third-order valence-corrected chi connectivity index (χ3v) is 5.16. The van der Waals surface area contributed by atoms with Gasteiger partial charge < -0.3 is 9.47 Å². The molecule has 3 rings (SSSR count). The summed E-state index contributed by atoms with van der Waals surface area (Å²) in [6.07, 6.45) is 4.01. The molecule has 0 aliphatic carbocycles. The highest BCUT2D eigenvalue weighted by Gasteiger charge is 2.20. The van der Waals surface area contributed by atoms with Gasteiger partial charge in [0.05, 0.1) is 5.39 Å². The first-order valence-corrected chi connectivity index (χ1v) is 9.84. The van der Waals surface area contributed by atoms with Gasteiger partial charge in [-0.05, 0) is 43.0 Å². The molecular weight excluding hydrogens is 360 g/mol. The van der Waals surface area contributed by atoms with Crippen molar-refractivity contribution in [3.63, 3.8) is 0 Å². The Balaban J connectivity index is 2.27. The van der Waals surface area contributed by atoms with E-state index in [0.29, 0.717) is 10.4 Å². The maximum Gasteiger partial charge on any atom is 0.264 e. The molecule has 0 saturated carbocycles. The summed E-state index contributed by atoms with van der Waals surface area (Å²) in [6, 6.07) is 5.76. The zero-order chi connectivity index (χ0) is 19.7. The molecule has 0 aliphatic heterocycles. The monoisotopic (exact) mass is 386 g/mol. The fourth-order valence-corrected chi connectivity index (χ4v) is 3.88. The van der Waals surface area contributed by atoms with Gasteiger partial charge in [-0.25, -0.2) is 0 Å². The molecule has 0 radical (unpaired) electrons. The number of hydrogen-bond acceptors (Lipinski definition) is 3. The Bertz CT molecular complexity index is 1030. The second kappa shape index (κ2) is 7.77. The first-order chi connectivity index (χ1) is 12.9. The number of aryl methyl sites for hydroxylation is 2. The zero-order valence-corrected chi connectivity index (χ0v) is 17.5. The summed E-state index contributed by atoms with van der Waals surface area (Å²) in [7, 11) is 3.76. The number of aromatic nitrogens is 3. The Morgan fingerprint density at radius 2 is 1.78 bits per heavy atom. The highest BCUT2D eigenvalue weighted by atomic mass is 35.5. The largest absolute Gasteiger partial charge is 0.342 e. The van der Waals surface area contributed by atoms with Crippen LogP contribution in [0.2, 0.25) is 5.02 Å². The second-order valence-corrected chi connectivity index (χ2v) is 7.51. The van der Waals surface area contributed by atoms with E-state index < -0.39 is 0 Å². The minimum absolute atomic E-state index is 0.0165. The molecule has 1 aromatic carbocycles. The van der Waals surface area contributed by atoms with Crippen molar-refractivity contribution in [3.8, 4) is 11.1 Å². The van der Waals surface area contributed by atoms with Gasteiger partial charge in [0.2, 0.25) is 5.95 Å². The quantitative estimate of drug-likeness (QED) is 0.625. The van der Waals surface area contributed by atoms with E-state index in [1.807, 2.05) is 50.0 Å². The molecule has 0 unspecified atom stereocenters. The third-order valence-electron chi connectivity index (χ3n) is 4.92. The Morgan fingerprint density at radius 1 is 1.11 bits per heavy atom. The van der Waals surface area contributed by atoms with Gasteiger partial charge in [-0.1, -0.05) is 31.5 Å². The van der Waals surface area contributed by atoms with Crippen molar-refractivity contribution in [3.05, 3.63) is 45.3 Å². The summed E-state index contributed by atoms with van der Waals surface area (Å²) in [5, 5.41) is 1.35. The number of fused-ring (bicyclic) bond motifs is 1. The molecule has 27 heavy (non-hydrogen) atoms. The van der Waals surface area contributed by atoms with Crippen LogP contribution in [0.1, 0.15) is 32.3 Å². The number of nitrogens with zero attached hydrogens (tertiary/aromatic N) is 4. The van der Waals surface area contributed by atoms with Crippen LogP contribution in [0.4, 0.5) is 5.95 Å². The summed E-state index contributed by atoms with van der Waals surface area (Å²) in [4.78, 5) is 20.4. The van der Waals surface area contributed by atoms with Crippen LogP contribution in [0.5, 0.6) is 0 Å². The van der Waals surface area contributed by atoms with Crippen molar-refractivity contribution in [2.75, 3.05) is 18.0 Å². The lowest BCUT2D eigenvalue weighted by atomic mass is 10.0. The van der Waals surface area contributed by atoms with Crippen LogP contribution >= 0.6 is 11.6 Å². The molecule has 5 nitrogen and oxygen atoms in total. The van der Waals surface area contributed by atoms with E-state index in [1.165, 1.54) is 0 Å². The molecule has 0 N–H and O–H groups in total. The summed E-state index contributed by atoms with van der Waals surface area (Å²) >= 11 is 6.11. The molecular formula is C21H27ClN4O. The second-order valence-electron chi connectivity index (χ2n) is 7.07. The molecule has 6 heteroatoms. The fraction of sp³-hybridized carbons (Fsp3) is 0.429. The fourth-order valence-electron chi connectivity index (χ4n) is 3.66. The van der Waals surface area contributed by atoms with Gasteiger partial charge in [0, 0.05) is 44.0 Å². The van der Waals surface area contributed by atoms with E-state index in [4.69, 9.17) is 16.6 Å². The molecule has 0 fully saturated rings. The lowest BCUT2D eigenvalue weighted by Crippen LogP contribution is -2.33. The SMILES string of the molecule is CCCN(CCC)c1nc2c(c(-c3ccc(Cl)cc3C)cn2C)c(=O)n1C. The van der Waals surface area contributed by atoms with E-state index in [-0.39, 0.29) is 5.56 Å². The van der Waals surface area contributed by atoms with Crippen LogP contribution < -0.4 is 10.5 Å². The Morgan fingerprint density at radius 3 is 2.37 bits per heavy atom. The highest BCUT2D eigenvalue weighted by molar-refractivity contribution is 6.30. The first kappa shape index (κ1) is 19.5. The molecule has 2 aromatic heterocycles. The summed E-state index contributed by atoms with van der Waals surface area (Å²) in [5.74, 6) is 0.733. The molecule has 0 bridgehead atoms. The molecule has 0 saturated heterocycles. The summed E-state index contributed by atoms with van der Waals surface area (Å²) < 4.78 is 3.63. The van der Waals surface area contributed by atoms with E-state index in [9.17, 15) is 4.79 Å². The standard InChI is InChI=1S/C21H27ClN4O/c1-6-10-26(11-7-2)21-23-19-18(20(27)25(21)5)17(13-24(19)4)16-9-8-15(22)12-14(16)3/h8-9,12-13H,6-7,10-11H2,1-5H3. The minimum Gasteiger partial charge on any atom is -0.342 e. The van der Waals surface area contributed by atoms with Crippen molar-refractivity contribution in [1.82, 2.24) is 14.1 Å². The number of hydrogen-bond donors (Lipinski definition) is 0. The van der Waals surface area contributed by atoms with Crippen molar-refractivity contribution >= 4 is 28.6 Å². The summed E-state index contributed by atoms with van der Waals surface area (Å²) in [6.45, 7) is 8.06. The molecule has 0 atom stereocenters. The van der Waals surface area contributed by atoms with E-state index in [1.54, 1.807) is 4.57 Å². The van der Waals surface area contributed by atoms with Gasteiger partial charge in [0.1, 0.15) is 5.65 Å². The Kier molecular flexibility index (Phi) is 5.61. The maximum atomic E-state index is 13.3. The van der Waals surface area contributed by atoms with Crippen LogP contribution in [0.3, 0.4) is 0 Å². The molecule has 0 spiro atoms. The Labute approximate surface area is 165 Å². The normalized spacial score (nSPS) is 11.3. The van der Waals surface area contributed by atoms with Crippen molar-refractivity contribution in [1.29, 1.82) is 0 Å². The van der Waals surface area contributed by atoms with Gasteiger partial charge in [-0.3, -0.25) is 9.36 Å². The van der Waals surface area contributed by atoms with Crippen LogP contribution in [0.15, 0.2) is 29.2 Å². The number of anilines is 1. The van der Waals surface area contributed by atoms with E-state index in [0.717, 1.165) is 54.2 Å². The molecule has 0 aliphatic rings. The van der Waals surface area contributed by atoms with Crippen molar-refractivity contribution in [2.45, 2.75) is 33.6 Å². The topological polar surface area (TPSA) is 43.1 Å². The third kappa shape index (κ3) is 3.48. The predicted octanol–water partition coefficient (Wildman–Crippen LogP) is 4.53. The van der Waals surface area contributed by atoms with Crippen LogP contribution in [0, 0.1) is 6.92 Å². The highest BCUT2D eigenvalue weighted by Crippen LogP contribution is 2.31. The molecule has 3 aromatic rings. The lowest BCUT2D eigenvalue weighted by Gasteiger charge is -2.24. The maximum absolute atomic E-state index is 13.3. The average Bonchev–Trinajstić information content (AvgIpc) is 2.94. The number of rotatable bonds is 6. The van der Waals surface area contributed by atoms with E-state index in [2.05, 4.69) is 18.7 Å². The average molecular weight is 387 g/mol. The van der Waals surface area contributed by atoms with Gasteiger partial charge in [0.15, 0.2) is 0 Å². The number of halogens is 1. The first-order valence-electron chi connectivity index (χ1n) is 9.46. The van der Waals surface area contributed by atoms with Gasteiger partial charge in [-0.2, -0.15) is 4.98 Å². The molecule has 144 valence electrons. The molecule has 2 heterocycles.